The summed E-state index contributed by atoms with van der Waals surface area (Å²) < 4.78 is 36.1. The van der Waals surface area contributed by atoms with Crippen LogP contribution in [-0.2, 0) is 56.1 Å². The second kappa shape index (κ2) is 27.9. The van der Waals surface area contributed by atoms with E-state index in [1.165, 1.54) is 52.9 Å². The number of carbonyl (C=O) groups is 9. The molecule has 0 spiro atoms. The molecule has 0 saturated carbocycles. The molecule has 66 heavy (non-hydrogen) atoms. The van der Waals surface area contributed by atoms with E-state index in [-0.39, 0.29) is 96.4 Å². The predicted molar refractivity (Wildman–Crippen MR) is 248 cm³/mol. The molecule has 24 heteroatoms. The Balaban J connectivity index is 0.000000652. The van der Waals surface area contributed by atoms with E-state index in [1.54, 1.807) is 45.2 Å². The Labute approximate surface area is 401 Å². The molecule has 19 nitrogen and oxygen atoms in total. The number of ether oxygens (including phenoxy) is 4. The van der Waals surface area contributed by atoms with Crippen LogP contribution in [-0.4, -0.2) is 77.9 Å². The number of hydrogen-bond donors (Lipinski definition) is 0. The molecule has 0 N–H and O–H groups in total. The van der Waals surface area contributed by atoms with E-state index in [9.17, 15) is 52.7 Å². The molecule has 3 rings (SSSR count). The summed E-state index contributed by atoms with van der Waals surface area (Å²) in [5.41, 5.74) is 0. The lowest BCUT2D eigenvalue weighted by molar-refractivity contribution is -0.155. The summed E-state index contributed by atoms with van der Waals surface area (Å²) >= 11 is 4.27. The Morgan fingerprint density at radius 2 is 1.09 bits per heavy atom. The Hall–Kier alpha value is -4.65. The molecule has 3 aromatic rings. The summed E-state index contributed by atoms with van der Waals surface area (Å²) in [7, 11) is 0. The number of carbonyl (C=O) groups excluding carboxylic acids is 9. The number of Topliss-reactive ketones (excluding diaryl/α,β-unsaturated/α-hetero) is 4. The maximum atomic E-state index is 12.8. The van der Waals surface area contributed by atoms with Crippen molar-refractivity contribution in [2.75, 3.05) is 18.3 Å². The third kappa shape index (κ3) is 20.9. The van der Waals surface area contributed by atoms with Crippen LogP contribution >= 0.6 is 58.4 Å². The van der Waals surface area contributed by atoms with Crippen LogP contribution in [0, 0.1) is 31.6 Å². The lowest BCUT2D eigenvalue weighted by atomic mass is 9.94. The normalized spacial score (nSPS) is 12.1. The standard InChI is InChI=1S/C21H28O11S2.C20H22O8S3.CH4/c1-11(2)17(24)29-10-30-20(27)34-21(5,6)16(23)7-14(12(3)22)9-33-19(26)28-8-15-13(4)31-18(25)32-15;1-11(21)13(10-30-19(25)26-9-14-12(2)27-18(24)28-14)8-16(22)20(3,4)31-17(23)15-6-5-7-29-15;/h11,14H,7-10H2,1-6H3;5-7,13H,8-10H2,1-4H3;1H4/t14-;13-;/m00./s1. The van der Waals surface area contributed by atoms with Gasteiger partial charge in [-0.25, -0.2) is 24.0 Å². The van der Waals surface area contributed by atoms with Gasteiger partial charge >= 0.3 is 33.5 Å². The van der Waals surface area contributed by atoms with Crippen LogP contribution in [0.1, 0.15) is 108 Å². The molecule has 0 saturated heterocycles. The van der Waals surface area contributed by atoms with E-state index in [4.69, 9.17) is 27.8 Å². The smallest absolute Gasteiger partial charge is 0.449 e. The summed E-state index contributed by atoms with van der Waals surface area (Å²) in [6.45, 7) is 14.0. The molecule has 366 valence electrons. The topological polar surface area (TPSA) is 277 Å². The quantitative estimate of drug-likeness (QED) is 0.0515. The van der Waals surface area contributed by atoms with Crippen molar-refractivity contribution in [2.24, 2.45) is 17.8 Å². The zero-order chi connectivity index (χ0) is 49.2. The Morgan fingerprint density at radius 1 is 0.652 bits per heavy atom. The van der Waals surface area contributed by atoms with Gasteiger partial charge in [0.1, 0.15) is 23.1 Å². The summed E-state index contributed by atoms with van der Waals surface area (Å²) in [5.74, 6) is -4.80. The van der Waals surface area contributed by atoms with E-state index < -0.39 is 67.4 Å². The van der Waals surface area contributed by atoms with E-state index >= 15 is 0 Å². The van der Waals surface area contributed by atoms with Crippen LogP contribution in [0.15, 0.2) is 44.8 Å². The summed E-state index contributed by atoms with van der Waals surface area (Å²) in [6, 6.07) is 3.45. The maximum absolute atomic E-state index is 12.8. The number of aryl methyl sites for hydroxylation is 2. The van der Waals surface area contributed by atoms with Gasteiger partial charge in [0.2, 0.25) is 11.9 Å². The van der Waals surface area contributed by atoms with Gasteiger partial charge in [-0.3, -0.25) is 28.8 Å². The third-order valence-electron chi connectivity index (χ3n) is 8.73. The highest BCUT2D eigenvalue weighted by atomic mass is 32.2. The molecule has 0 aliphatic heterocycles. The van der Waals surface area contributed by atoms with Gasteiger partial charge in [-0.05, 0) is 102 Å². The SMILES string of the molecule is C.CC(=O)[C@H](CSC(=O)OCc1oc(=O)oc1C)CC(=O)C(C)(C)SC(=O)OCOC(=O)C(C)C.CC(=O)[C@H](CSC(=O)OCc1oc(=O)oc1C)CC(=O)C(C)(C)SC(=O)c1cccs1. The second-order valence-electron chi connectivity index (χ2n) is 15.1. The van der Waals surface area contributed by atoms with E-state index in [0.29, 0.717) is 28.4 Å². The number of esters is 1. The Morgan fingerprint density at radius 3 is 1.45 bits per heavy atom. The first-order chi connectivity index (χ1) is 30.2. The highest BCUT2D eigenvalue weighted by molar-refractivity contribution is 8.16. The minimum absolute atomic E-state index is 0. The van der Waals surface area contributed by atoms with Crippen molar-refractivity contribution < 1.29 is 79.8 Å². The molecule has 0 aliphatic carbocycles. The minimum atomic E-state index is -1.23. The Kier molecular flexibility index (Phi) is 25.1. The van der Waals surface area contributed by atoms with Gasteiger partial charge < -0.3 is 36.6 Å². The fourth-order valence-electron chi connectivity index (χ4n) is 4.59. The first-order valence-electron chi connectivity index (χ1n) is 19.4. The van der Waals surface area contributed by atoms with Crippen molar-refractivity contribution in [3.05, 3.63) is 66.7 Å². The molecule has 0 amide bonds. The summed E-state index contributed by atoms with van der Waals surface area (Å²) in [4.78, 5) is 132. The second-order valence-corrected chi connectivity index (χ2v) is 21.1. The molecular formula is C42H54O19S5. The van der Waals surface area contributed by atoms with Crippen molar-refractivity contribution in [3.8, 4) is 0 Å². The molecular weight excluding hydrogens is 969 g/mol. The van der Waals surface area contributed by atoms with Gasteiger partial charge in [0.05, 0.1) is 20.3 Å². The van der Waals surface area contributed by atoms with Gasteiger partial charge in [-0.1, -0.05) is 39.1 Å². The molecule has 3 aromatic heterocycles. The van der Waals surface area contributed by atoms with Crippen LogP contribution in [0.25, 0.3) is 0 Å². The zero-order valence-electron chi connectivity index (χ0n) is 37.2. The maximum Gasteiger partial charge on any atom is 0.519 e. The van der Waals surface area contributed by atoms with Crippen molar-refractivity contribution >= 4 is 109 Å². The van der Waals surface area contributed by atoms with Crippen molar-refractivity contribution in [3.63, 3.8) is 0 Å². The van der Waals surface area contributed by atoms with Gasteiger partial charge in [0.15, 0.2) is 36.3 Å². The fourth-order valence-corrected chi connectivity index (χ4v) is 8.63. The first kappa shape index (κ1) is 59.4. The Bertz CT molecular complexity index is 2280. The highest BCUT2D eigenvalue weighted by Crippen LogP contribution is 2.34. The molecule has 0 unspecified atom stereocenters. The van der Waals surface area contributed by atoms with Crippen molar-refractivity contribution in [1.29, 1.82) is 0 Å². The molecule has 2 atom stereocenters. The van der Waals surface area contributed by atoms with Gasteiger partial charge in [0.25, 0.3) is 0 Å². The van der Waals surface area contributed by atoms with Crippen molar-refractivity contribution in [1.82, 2.24) is 0 Å². The zero-order valence-corrected chi connectivity index (χ0v) is 41.3. The first-order valence-corrected chi connectivity index (χ1v) is 23.8. The number of thiophene rings is 1. The highest BCUT2D eigenvalue weighted by Gasteiger charge is 2.36. The molecule has 0 bridgehead atoms. The van der Waals surface area contributed by atoms with E-state index in [2.05, 4.69) is 8.83 Å². The van der Waals surface area contributed by atoms with Crippen LogP contribution in [0.3, 0.4) is 0 Å². The average Bonchev–Trinajstić information content (AvgIpc) is 3.95. The van der Waals surface area contributed by atoms with Gasteiger partial charge in [-0.15, -0.1) is 11.3 Å². The van der Waals surface area contributed by atoms with Crippen LogP contribution in [0.4, 0.5) is 14.4 Å². The number of thioether (sulfide) groups is 4. The van der Waals surface area contributed by atoms with E-state index in [1.807, 2.05) is 0 Å². The van der Waals surface area contributed by atoms with Gasteiger partial charge in [-0.2, -0.15) is 0 Å². The lowest BCUT2D eigenvalue weighted by Crippen LogP contribution is -2.33. The number of hydrogen-bond acceptors (Lipinski definition) is 24. The number of ketones is 4. The molecule has 0 fully saturated rings. The lowest BCUT2D eigenvalue weighted by Gasteiger charge is -2.23. The van der Waals surface area contributed by atoms with Crippen LogP contribution < -0.4 is 11.6 Å². The average molecular weight is 1020 g/mol. The molecule has 3 heterocycles. The molecule has 0 radical (unpaired) electrons. The van der Waals surface area contributed by atoms with Crippen molar-refractivity contribution in [2.45, 2.75) is 112 Å². The van der Waals surface area contributed by atoms with Crippen LogP contribution in [0.2, 0.25) is 0 Å². The number of rotatable bonds is 22. The third-order valence-corrected chi connectivity index (χ3v) is 13.7. The monoisotopic (exact) mass is 1020 g/mol. The largest absolute Gasteiger partial charge is 0.519 e. The summed E-state index contributed by atoms with van der Waals surface area (Å²) in [5, 5.41) is -0.634. The van der Waals surface area contributed by atoms with E-state index in [0.717, 1.165) is 23.5 Å². The molecule has 0 aliphatic rings. The molecule has 0 aromatic carbocycles. The minimum Gasteiger partial charge on any atom is -0.449 e. The fraction of sp³-hybridized carbons (Fsp3) is 0.548. The van der Waals surface area contributed by atoms with Gasteiger partial charge in [0, 0.05) is 36.2 Å². The summed E-state index contributed by atoms with van der Waals surface area (Å²) in [6.07, 6.45) is -0.302. The predicted octanol–water partition coefficient (Wildman–Crippen LogP) is 9.01. The van der Waals surface area contributed by atoms with Crippen LogP contribution in [0.5, 0.6) is 0 Å².